The Balaban J connectivity index is 2.22. The lowest BCUT2D eigenvalue weighted by molar-refractivity contribution is -0.873. The van der Waals surface area contributed by atoms with E-state index in [2.05, 4.69) is 21.1 Å². The minimum Gasteiger partial charge on any atom is -0.492 e. The summed E-state index contributed by atoms with van der Waals surface area (Å²) in [6.07, 6.45) is 0.591. The van der Waals surface area contributed by atoms with Crippen molar-refractivity contribution in [2.24, 2.45) is 5.92 Å². The molecule has 0 aromatic heterocycles. The van der Waals surface area contributed by atoms with E-state index >= 15 is 0 Å². The summed E-state index contributed by atoms with van der Waals surface area (Å²) in [6, 6.07) is 5.53. The summed E-state index contributed by atoms with van der Waals surface area (Å²) < 4.78 is 6.21. The van der Waals surface area contributed by atoms with Gasteiger partial charge in [0.1, 0.15) is 0 Å². The lowest BCUT2D eigenvalue weighted by atomic mass is 10.1. The van der Waals surface area contributed by atoms with Crippen molar-refractivity contribution in [3.05, 3.63) is 18.2 Å². The van der Waals surface area contributed by atoms with Gasteiger partial charge in [0.05, 0.1) is 46.2 Å². The Morgan fingerprint density at radius 3 is 2.70 bits per heavy atom. The van der Waals surface area contributed by atoms with E-state index < -0.39 is 0 Å². The number of nitrogens with zero attached hydrogens (tertiary/aromatic N) is 2. The standard InChI is InChI=1S/C15H24N3O2/c1-18(2,3)10-11-8-14(19)17(9-11)13-7-5-6-12(16)15(13)20-4/h5-7,11H,8-10,16H2,1-4H3/q+1. The number of methoxy groups -OCH3 is 1. The molecule has 0 radical (unpaired) electrons. The van der Waals surface area contributed by atoms with Crippen LogP contribution >= 0.6 is 0 Å². The molecule has 0 saturated carbocycles. The van der Waals surface area contributed by atoms with Gasteiger partial charge < -0.3 is 19.9 Å². The maximum absolute atomic E-state index is 12.3. The average Bonchev–Trinajstić information content (AvgIpc) is 2.67. The SMILES string of the molecule is COc1c(N)cccc1N1CC(C[N+](C)(C)C)CC1=O. The number of nitrogens with two attached hydrogens (primary N) is 1. The molecule has 1 amide bonds. The van der Waals surface area contributed by atoms with Crippen LogP contribution < -0.4 is 15.4 Å². The molecule has 1 fully saturated rings. The van der Waals surface area contributed by atoms with Gasteiger partial charge in [0.15, 0.2) is 5.75 Å². The van der Waals surface area contributed by atoms with Gasteiger partial charge in [-0.3, -0.25) is 4.79 Å². The van der Waals surface area contributed by atoms with Gasteiger partial charge in [-0.2, -0.15) is 0 Å². The molecule has 0 bridgehead atoms. The molecule has 1 unspecified atom stereocenters. The Kier molecular flexibility index (Phi) is 3.90. The molecule has 0 aliphatic carbocycles. The zero-order valence-electron chi connectivity index (χ0n) is 12.7. The number of benzene rings is 1. The summed E-state index contributed by atoms with van der Waals surface area (Å²) in [5.74, 6) is 1.10. The van der Waals surface area contributed by atoms with E-state index in [1.807, 2.05) is 12.1 Å². The first-order valence-corrected chi connectivity index (χ1v) is 6.85. The normalized spacial score (nSPS) is 19.5. The van der Waals surface area contributed by atoms with Crippen LogP contribution in [0.4, 0.5) is 11.4 Å². The van der Waals surface area contributed by atoms with E-state index in [1.54, 1.807) is 18.1 Å². The first-order chi connectivity index (χ1) is 9.31. The number of amides is 1. The van der Waals surface area contributed by atoms with Crippen molar-refractivity contribution in [2.75, 3.05) is 52.0 Å². The van der Waals surface area contributed by atoms with Crippen LogP contribution in [-0.4, -0.2) is 51.7 Å². The average molecular weight is 278 g/mol. The number of ether oxygens (including phenoxy) is 1. The van der Waals surface area contributed by atoms with Gasteiger partial charge in [-0.05, 0) is 12.1 Å². The monoisotopic (exact) mass is 278 g/mol. The largest absolute Gasteiger partial charge is 0.492 e. The molecule has 1 saturated heterocycles. The van der Waals surface area contributed by atoms with Gasteiger partial charge >= 0.3 is 0 Å². The van der Waals surface area contributed by atoms with E-state index in [0.717, 1.165) is 23.3 Å². The van der Waals surface area contributed by atoms with E-state index in [-0.39, 0.29) is 5.91 Å². The minimum atomic E-state index is 0.146. The topological polar surface area (TPSA) is 55.6 Å². The summed E-state index contributed by atoms with van der Waals surface area (Å²) in [5, 5.41) is 0. The van der Waals surface area contributed by atoms with Crippen LogP contribution in [0.5, 0.6) is 5.75 Å². The fourth-order valence-corrected chi connectivity index (χ4v) is 2.89. The van der Waals surface area contributed by atoms with Crippen LogP contribution in [-0.2, 0) is 4.79 Å². The lowest BCUT2D eigenvalue weighted by Gasteiger charge is -2.27. The molecular weight excluding hydrogens is 254 g/mol. The molecule has 1 atom stereocenters. The molecule has 1 heterocycles. The molecular formula is C15H24N3O2+. The molecule has 110 valence electrons. The lowest BCUT2D eigenvalue weighted by Crippen LogP contribution is -2.40. The van der Waals surface area contributed by atoms with Gasteiger partial charge in [0.2, 0.25) is 5.91 Å². The maximum atomic E-state index is 12.3. The quantitative estimate of drug-likeness (QED) is 0.668. The van der Waals surface area contributed by atoms with Gasteiger partial charge in [-0.15, -0.1) is 0 Å². The number of carbonyl (C=O) groups excluding carboxylic acids is 1. The predicted octanol–water partition coefficient (Wildman–Crippen LogP) is 1.34. The summed E-state index contributed by atoms with van der Waals surface area (Å²) in [4.78, 5) is 14.1. The van der Waals surface area contributed by atoms with Crippen molar-refractivity contribution in [2.45, 2.75) is 6.42 Å². The Bertz CT molecular complexity index is 508. The van der Waals surface area contributed by atoms with Crippen molar-refractivity contribution in [1.29, 1.82) is 0 Å². The molecule has 2 rings (SSSR count). The highest BCUT2D eigenvalue weighted by molar-refractivity contribution is 5.98. The van der Waals surface area contributed by atoms with Crippen molar-refractivity contribution in [3.8, 4) is 5.75 Å². The summed E-state index contributed by atoms with van der Waals surface area (Å²) in [6.45, 7) is 1.71. The number of anilines is 2. The Morgan fingerprint density at radius 2 is 2.10 bits per heavy atom. The van der Waals surface area contributed by atoms with E-state index in [0.29, 0.717) is 23.8 Å². The maximum Gasteiger partial charge on any atom is 0.227 e. The van der Waals surface area contributed by atoms with Crippen LogP contribution in [0.2, 0.25) is 0 Å². The zero-order valence-corrected chi connectivity index (χ0v) is 12.7. The Hall–Kier alpha value is -1.75. The number of hydrogen-bond acceptors (Lipinski definition) is 3. The van der Waals surface area contributed by atoms with Gasteiger partial charge in [-0.25, -0.2) is 0 Å². The minimum absolute atomic E-state index is 0.146. The third kappa shape index (κ3) is 3.04. The second-order valence-corrected chi connectivity index (χ2v) is 6.45. The Labute approximate surface area is 120 Å². The third-order valence-corrected chi connectivity index (χ3v) is 3.53. The smallest absolute Gasteiger partial charge is 0.227 e. The van der Waals surface area contributed by atoms with E-state index in [4.69, 9.17) is 10.5 Å². The number of carbonyl (C=O) groups is 1. The van der Waals surface area contributed by atoms with Crippen molar-refractivity contribution in [1.82, 2.24) is 0 Å². The third-order valence-electron chi connectivity index (χ3n) is 3.53. The number of hydrogen-bond donors (Lipinski definition) is 1. The molecule has 2 N–H and O–H groups in total. The van der Waals surface area contributed by atoms with Gasteiger partial charge in [0, 0.05) is 18.9 Å². The van der Waals surface area contributed by atoms with Gasteiger partial charge in [0.25, 0.3) is 0 Å². The van der Waals surface area contributed by atoms with Gasteiger partial charge in [-0.1, -0.05) is 6.07 Å². The number of para-hydroxylation sites is 1. The number of quaternary nitrogens is 1. The molecule has 1 aromatic rings. The van der Waals surface area contributed by atoms with Crippen molar-refractivity contribution >= 4 is 17.3 Å². The van der Waals surface area contributed by atoms with Crippen LogP contribution in [0.25, 0.3) is 0 Å². The predicted molar refractivity (Wildman–Crippen MR) is 80.8 cm³/mol. The zero-order chi connectivity index (χ0) is 14.9. The summed E-state index contributed by atoms with van der Waals surface area (Å²) >= 11 is 0. The summed E-state index contributed by atoms with van der Waals surface area (Å²) in [5.41, 5.74) is 7.26. The Morgan fingerprint density at radius 1 is 1.40 bits per heavy atom. The molecule has 1 aliphatic rings. The molecule has 5 nitrogen and oxygen atoms in total. The highest BCUT2D eigenvalue weighted by atomic mass is 16.5. The van der Waals surface area contributed by atoms with E-state index in [1.165, 1.54) is 0 Å². The highest BCUT2D eigenvalue weighted by Gasteiger charge is 2.35. The fraction of sp³-hybridized carbons (Fsp3) is 0.533. The molecule has 20 heavy (non-hydrogen) atoms. The van der Waals surface area contributed by atoms with Crippen molar-refractivity contribution in [3.63, 3.8) is 0 Å². The first kappa shape index (κ1) is 14.7. The molecule has 5 heteroatoms. The van der Waals surface area contributed by atoms with Crippen LogP contribution in [0.15, 0.2) is 18.2 Å². The highest BCUT2D eigenvalue weighted by Crippen LogP contribution is 2.37. The fourth-order valence-electron chi connectivity index (χ4n) is 2.89. The molecule has 1 aromatic carbocycles. The second kappa shape index (κ2) is 5.32. The first-order valence-electron chi connectivity index (χ1n) is 6.85. The van der Waals surface area contributed by atoms with Crippen LogP contribution in [0, 0.1) is 5.92 Å². The van der Waals surface area contributed by atoms with E-state index in [9.17, 15) is 4.79 Å². The molecule has 0 spiro atoms. The second-order valence-electron chi connectivity index (χ2n) is 6.45. The molecule has 1 aliphatic heterocycles. The van der Waals surface area contributed by atoms with Crippen LogP contribution in [0.3, 0.4) is 0 Å². The van der Waals surface area contributed by atoms with Crippen LogP contribution in [0.1, 0.15) is 6.42 Å². The van der Waals surface area contributed by atoms with Crippen molar-refractivity contribution < 1.29 is 14.0 Å². The number of nitrogen functional groups attached to an aromatic ring is 1. The number of rotatable bonds is 4. The summed E-state index contributed by atoms with van der Waals surface area (Å²) in [7, 11) is 8.02.